The third kappa shape index (κ3) is 3.00. The summed E-state index contributed by atoms with van der Waals surface area (Å²) in [6.45, 7) is 0.735. The summed E-state index contributed by atoms with van der Waals surface area (Å²) in [5.74, 6) is -0.811. The van der Waals surface area contributed by atoms with Gasteiger partial charge < -0.3 is 9.67 Å². The maximum atomic E-state index is 11.0. The average Bonchev–Trinajstić information content (AvgIpc) is 2.77. The van der Waals surface area contributed by atoms with Gasteiger partial charge in [-0.1, -0.05) is 46.3 Å². The molecule has 3 rings (SSSR count). The van der Waals surface area contributed by atoms with Crippen molar-refractivity contribution >= 4 is 32.8 Å². The van der Waals surface area contributed by atoms with Crippen molar-refractivity contribution in [2.45, 2.75) is 13.0 Å². The molecule has 0 aliphatic heterocycles. The monoisotopic (exact) mass is 343 g/mol. The highest BCUT2D eigenvalue weighted by molar-refractivity contribution is 9.10. The Labute approximate surface area is 131 Å². The summed E-state index contributed by atoms with van der Waals surface area (Å²) < 4.78 is 3.06. The van der Waals surface area contributed by atoms with Crippen LogP contribution in [0.4, 0.5) is 0 Å². The van der Waals surface area contributed by atoms with Crippen LogP contribution in [0.5, 0.6) is 0 Å². The summed E-state index contributed by atoms with van der Waals surface area (Å²) in [5, 5.41) is 10.1. The number of aliphatic carboxylic acids is 1. The van der Waals surface area contributed by atoms with E-state index in [1.54, 1.807) is 0 Å². The van der Waals surface area contributed by atoms with Gasteiger partial charge in [0.15, 0.2) is 0 Å². The van der Waals surface area contributed by atoms with Crippen LogP contribution in [0.3, 0.4) is 0 Å². The maximum Gasteiger partial charge on any atom is 0.307 e. The molecular weight excluding hydrogens is 330 g/mol. The van der Waals surface area contributed by atoms with Gasteiger partial charge in [-0.15, -0.1) is 0 Å². The van der Waals surface area contributed by atoms with Crippen LogP contribution in [-0.4, -0.2) is 15.6 Å². The molecule has 3 nitrogen and oxygen atoms in total. The lowest BCUT2D eigenvalue weighted by atomic mass is 10.1. The minimum absolute atomic E-state index is 0.0365. The zero-order chi connectivity index (χ0) is 14.8. The number of carboxylic acids is 1. The van der Waals surface area contributed by atoms with Gasteiger partial charge in [0.1, 0.15) is 0 Å². The van der Waals surface area contributed by atoms with Crippen molar-refractivity contribution in [1.82, 2.24) is 4.57 Å². The summed E-state index contributed by atoms with van der Waals surface area (Å²) in [5.41, 5.74) is 3.09. The number of carboxylic acid groups (broad SMARTS) is 1. The third-order valence-corrected chi connectivity index (χ3v) is 3.96. The molecule has 4 heteroatoms. The van der Waals surface area contributed by atoms with Crippen molar-refractivity contribution in [2.24, 2.45) is 0 Å². The molecule has 0 aliphatic rings. The van der Waals surface area contributed by atoms with Crippen LogP contribution in [0, 0.1) is 0 Å². The number of nitrogens with zero attached hydrogens (tertiary/aromatic N) is 1. The fourth-order valence-corrected chi connectivity index (χ4v) is 2.92. The van der Waals surface area contributed by atoms with Crippen molar-refractivity contribution in [3.8, 4) is 0 Å². The largest absolute Gasteiger partial charge is 0.481 e. The van der Waals surface area contributed by atoms with Crippen LogP contribution < -0.4 is 0 Å². The topological polar surface area (TPSA) is 42.2 Å². The van der Waals surface area contributed by atoms with Crippen molar-refractivity contribution in [3.05, 3.63) is 70.3 Å². The molecule has 3 aromatic rings. The van der Waals surface area contributed by atoms with Gasteiger partial charge in [0.25, 0.3) is 0 Å². The van der Waals surface area contributed by atoms with E-state index in [4.69, 9.17) is 5.11 Å². The van der Waals surface area contributed by atoms with Crippen molar-refractivity contribution in [1.29, 1.82) is 0 Å². The Kier molecular flexibility index (Phi) is 3.80. The normalized spacial score (nSPS) is 10.9. The molecule has 0 saturated heterocycles. The van der Waals surface area contributed by atoms with Crippen LogP contribution in [-0.2, 0) is 17.8 Å². The van der Waals surface area contributed by atoms with E-state index >= 15 is 0 Å². The van der Waals surface area contributed by atoms with Crippen LogP contribution in [0.1, 0.15) is 11.1 Å². The molecule has 0 spiro atoms. The smallest absolute Gasteiger partial charge is 0.307 e. The Morgan fingerprint density at radius 2 is 1.90 bits per heavy atom. The Hall–Kier alpha value is -2.07. The van der Waals surface area contributed by atoms with Crippen LogP contribution in [0.15, 0.2) is 59.2 Å². The summed E-state index contributed by atoms with van der Waals surface area (Å²) in [6, 6.07) is 16.1. The van der Waals surface area contributed by atoms with Crippen molar-refractivity contribution in [2.75, 3.05) is 0 Å². The zero-order valence-corrected chi connectivity index (χ0v) is 12.9. The van der Waals surface area contributed by atoms with E-state index in [-0.39, 0.29) is 6.42 Å². The molecule has 0 atom stereocenters. The van der Waals surface area contributed by atoms with E-state index in [2.05, 4.69) is 32.6 Å². The minimum atomic E-state index is -0.811. The van der Waals surface area contributed by atoms with Gasteiger partial charge in [-0.25, -0.2) is 0 Å². The number of aromatic nitrogens is 1. The number of hydrogen-bond donors (Lipinski definition) is 1. The fraction of sp³-hybridized carbons (Fsp3) is 0.118. The first-order valence-electron chi connectivity index (χ1n) is 6.66. The SMILES string of the molecule is O=C(O)Cc1cn(Cc2ccccc2)c2ccc(Br)cc12. The van der Waals surface area contributed by atoms with Gasteiger partial charge in [0.2, 0.25) is 0 Å². The van der Waals surface area contributed by atoms with Gasteiger partial charge in [0, 0.05) is 28.1 Å². The zero-order valence-electron chi connectivity index (χ0n) is 11.3. The molecule has 0 amide bonds. The maximum absolute atomic E-state index is 11.0. The summed E-state index contributed by atoms with van der Waals surface area (Å²) in [6.07, 6.45) is 1.98. The predicted molar refractivity (Wildman–Crippen MR) is 86.5 cm³/mol. The van der Waals surface area contributed by atoms with Gasteiger partial charge in [0.05, 0.1) is 6.42 Å². The Morgan fingerprint density at radius 1 is 1.14 bits per heavy atom. The predicted octanol–water partition coefficient (Wildman–Crippen LogP) is 4.08. The highest BCUT2D eigenvalue weighted by Crippen LogP contribution is 2.26. The second-order valence-corrected chi connectivity index (χ2v) is 5.92. The summed E-state index contributed by atoms with van der Waals surface area (Å²) >= 11 is 3.45. The molecule has 0 unspecified atom stereocenters. The lowest BCUT2D eigenvalue weighted by Crippen LogP contribution is -2.00. The lowest BCUT2D eigenvalue weighted by molar-refractivity contribution is -0.136. The Balaban J connectivity index is 2.08. The molecule has 2 aromatic carbocycles. The molecule has 21 heavy (non-hydrogen) atoms. The van der Waals surface area contributed by atoms with E-state index in [9.17, 15) is 4.79 Å². The van der Waals surface area contributed by atoms with E-state index in [0.717, 1.165) is 27.5 Å². The first-order chi connectivity index (χ1) is 10.1. The van der Waals surface area contributed by atoms with E-state index < -0.39 is 5.97 Å². The lowest BCUT2D eigenvalue weighted by Gasteiger charge is -2.05. The quantitative estimate of drug-likeness (QED) is 0.775. The number of fused-ring (bicyclic) bond motifs is 1. The summed E-state index contributed by atoms with van der Waals surface area (Å²) in [7, 11) is 0. The molecule has 0 radical (unpaired) electrons. The van der Waals surface area contributed by atoms with Gasteiger partial charge in [-0.2, -0.15) is 0 Å². The van der Waals surface area contributed by atoms with Gasteiger partial charge in [-0.3, -0.25) is 4.79 Å². The van der Waals surface area contributed by atoms with Gasteiger partial charge >= 0.3 is 5.97 Å². The first kappa shape index (κ1) is 13.9. The van der Waals surface area contributed by atoms with E-state index in [1.165, 1.54) is 5.56 Å². The average molecular weight is 344 g/mol. The first-order valence-corrected chi connectivity index (χ1v) is 7.46. The minimum Gasteiger partial charge on any atom is -0.481 e. The van der Waals surface area contributed by atoms with E-state index in [1.807, 2.05) is 42.6 Å². The van der Waals surface area contributed by atoms with Crippen LogP contribution in [0.2, 0.25) is 0 Å². The van der Waals surface area contributed by atoms with Crippen LogP contribution in [0.25, 0.3) is 10.9 Å². The molecule has 1 aromatic heterocycles. The number of rotatable bonds is 4. The summed E-state index contributed by atoms with van der Waals surface area (Å²) in [4.78, 5) is 11.0. The highest BCUT2D eigenvalue weighted by atomic mass is 79.9. The molecule has 0 fully saturated rings. The van der Waals surface area contributed by atoms with Gasteiger partial charge in [-0.05, 0) is 29.3 Å². The number of benzene rings is 2. The Bertz CT molecular complexity index is 793. The second kappa shape index (κ2) is 5.74. The number of carbonyl (C=O) groups is 1. The molecule has 0 saturated carbocycles. The third-order valence-electron chi connectivity index (χ3n) is 3.46. The molecule has 1 heterocycles. The molecule has 106 valence electrons. The van der Waals surface area contributed by atoms with Crippen molar-refractivity contribution < 1.29 is 9.90 Å². The highest BCUT2D eigenvalue weighted by Gasteiger charge is 2.12. The molecule has 0 bridgehead atoms. The standard InChI is InChI=1S/C17H14BrNO2/c18-14-6-7-16-15(9-14)13(8-17(20)21)11-19(16)10-12-4-2-1-3-5-12/h1-7,9,11H,8,10H2,(H,20,21). The van der Waals surface area contributed by atoms with E-state index in [0.29, 0.717) is 0 Å². The molecule has 0 aliphatic carbocycles. The van der Waals surface area contributed by atoms with Crippen molar-refractivity contribution in [3.63, 3.8) is 0 Å². The molecular formula is C17H14BrNO2. The number of halogens is 1. The fourth-order valence-electron chi connectivity index (χ4n) is 2.56. The Morgan fingerprint density at radius 3 is 2.62 bits per heavy atom. The second-order valence-electron chi connectivity index (χ2n) is 5.00. The molecule has 1 N–H and O–H groups in total. The van der Waals surface area contributed by atoms with Crippen LogP contribution >= 0.6 is 15.9 Å². The number of hydrogen-bond acceptors (Lipinski definition) is 1.